The predicted molar refractivity (Wildman–Crippen MR) is 68.6 cm³/mol. The molecule has 0 spiro atoms. The number of unbranched alkanes of at least 4 members (excludes halogenated alkanes) is 1. The first-order valence-corrected chi connectivity index (χ1v) is 5.87. The smallest absolute Gasteiger partial charge is 0.0622 e. The highest BCUT2D eigenvalue weighted by Crippen LogP contribution is 2.27. The monoisotopic (exact) mass is 216 g/mol. The number of hydrogen-bond donors (Lipinski definition) is 1. The first-order chi connectivity index (χ1) is 7.66. The minimum atomic E-state index is 0.526. The Kier molecular flexibility index (Phi) is 4.85. The molecule has 2 nitrogen and oxygen atoms in total. The molecule has 2 heteroatoms. The number of para-hydroxylation sites is 1. The van der Waals surface area contributed by atoms with Crippen LogP contribution in [-0.4, -0.2) is 6.54 Å². The first kappa shape index (κ1) is 12.6. The number of hydrogen-bond acceptors (Lipinski definition) is 2. The molecule has 0 saturated heterocycles. The van der Waals surface area contributed by atoms with Gasteiger partial charge in [0.25, 0.3) is 0 Å². The lowest BCUT2D eigenvalue weighted by atomic mass is 9.98. The van der Waals surface area contributed by atoms with Crippen molar-refractivity contribution in [1.29, 1.82) is 5.26 Å². The molecule has 0 aliphatic carbocycles. The Morgan fingerprint density at radius 1 is 1.38 bits per heavy atom. The van der Waals surface area contributed by atoms with Crippen molar-refractivity contribution in [3.8, 4) is 6.07 Å². The number of rotatable bonds is 5. The summed E-state index contributed by atoms with van der Waals surface area (Å²) in [5.74, 6) is 0.526. The van der Waals surface area contributed by atoms with Crippen LogP contribution in [0.15, 0.2) is 18.2 Å². The number of aryl methyl sites for hydroxylation is 1. The van der Waals surface area contributed by atoms with Crippen LogP contribution in [0.1, 0.15) is 43.7 Å². The molecule has 1 aromatic carbocycles. The SMILES string of the molecule is Cc1cccc(C(C)C)c1NCCCC#N. The Morgan fingerprint density at radius 2 is 2.12 bits per heavy atom. The Morgan fingerprint density at radius 3 is 2.75 bits per heavy atom. The van der Waals surface area contributed by atoms with Crippen molar-refractivity contribution in [2.45, 2.75) is 39.5 Å². The number of nitrogens with zero attached hydrogens (tertiary/aromatic N) is 1. The summed E-state index contributed by atoms with van der Waals surface area (Å²) in [4.78, 5) is 0. The van der Waals surface area contributed by atoms with E-state index in [9.17, 15) is 0 Å². The molecule has 0 amide bonds. The van der Waals surface area contributed by atoms with Crippen molar-refractivity contribution in [2.75, 3.05) is 11.9 Å². The molecule has 0 fully saturated rings. The molecular weight excluding hydrogens is 196 g/mol. The van der Waals surface area contributed by atoms with E-state index in [0.717, 1.165) is 13.0 Å². The fraction of sp³-hybridized carbons (Fsp3) is 0.500. The maximum Gasteiger partial charge on any atom is 0.0622 e. The van der Waals surface area contributed by atoms with Crippen LogP contribution in [-0.2, 0) is 0 Å². The second-order valence-electron chi connectivity index (χ2n) is 4.38. The molecule has 0 bridgehead atoms. The highest BCUT2D eigenvalue weighted by molar-refractivity contribution is 5.58. The molecule has 1 N–H and O–H groups in total. The van der Waals surface area contributed by atoms with Gasteiger partial charge in [-0.25, -0.2) is 0 Å². The summed E-state index contributed by atoms with van der Waals surface area (Å²) in [6.45, 7) is 7.40. The molecule has 86 valence electrons. The van der Waals surface area contributed by atoms with E-state index < -0.39 is 0 Å². The van der Waals surface area contributed by atoms with Crippen molar-refractivity contribution in [3.05, 3.63) is 29.3 Å². The quantitative estimate of drug-likeness (QED) is 0.759. The normalized spacial score (nSPS) is 10.2. The van der Waals surface area contributed by atoms with Crippen molar-refractivity contribution in [2.24, 2.45) is 0 Å². The van der Waals surface area contributed by atoms with Crippen LogP contribution in [0.3, 0.4) is 0 Å². The summed E-state index contributed by atoms with van der Waals surface area (Å²) in [7, 11) is 0. The lowest BCUT2D eigenvalue weighted by molar-refractivity contribution is 0.852. The molecule has 0 aliphatic rings. The van der Waals surface area contributed by atoms with Crippen LogP contribution in [0.4, 0.5) is 5.69 Å². The van der Waals surface area contributed by atoms with E-state index >= 15 is 0 Å². The zero-order chi connectivity index (χ0) is 12.0. The van der Waals surface area contributed by atoms with E-state index in [1.54, 1.807) is 0 Å². The van der Waals surface area contributed by atoms with Gasteiger partial charge in [0.15, 0.2) is 0 Å². The fourth-order valence-corrected chi connectivity index (χ4v) is 1.79. The summed E-state index contributed by atoms with van der Waals surface area (Å²) >= 11 is 0. The van der Waals surface area contributed by atoms with E-state index in [2.05, 4.69) is 50.4 Å². The molecule has 0 aromatic heterocycles. The third kappa shape index (κ3) is 3.27. The van der Waals surface area contributed by atoms with Gasteiger partial charge in [0.05, 0.1) is 6.07 Å². The molecular formula is C14H20N2. The first-order valence-electron chi connectivity index (χ1n) is 5.87. The number of nitrogens with one attached hydrogen (secondary N) is 1. The fourth-order valence-electron chi connectivity index (χ4n) is 1.79. The second-order valence-corrected chi connectivity index (χ2v) is 4.38. The van der Waals surface area contributed by atoms with E-state index in [0.29, 0.717) is 12.3 Å². The lowest BCUT2D eigenvalue weighted by Gasteiger charge is -2.16. The third-order valence-corrected chi connectivity index (χ3v) is 2.69. The van der Waals surface area contributed by atoms with Crippen molar-refractivity contribution < 1.29 is 0 Å². The van der Waals surface area contributed by atoms with Crippen LogP contribution in [0.25, 0.3) is 0 Å². The Bertz CT molecular complexity index is 375. The summed E-state index contributed by atoms with van der Waals surface area (Å²) in [6, 6.07) is 8.56. The molecule has 0 unspecified atom stereocenters. The van der Waals surface area contributed by atoms with Gasteiger partial charge in [-0.05, 0) is 30.4 Å². The average Bonchev–Trinajstić information content (AvgIpc) is 2.25. The molecule has 0 aliphatic heterocycles. The highest BCUT2D eigenvalue weighted by atomic mass is 14.9. The zero-order valence-electron chi connectivity index (χ0n) is 10.4. The van der Waals surface area contributed by atoms with E-state index in [1.807, 2.05) is 0 Å². The Labute approximate surface area is 98.3 Å². The molecule has 1 aromatic rings. The van der Waals surface area contributed by atoms with E-state index in [1.165, 1.54) is 16.8 Å². The third-order valence-electron chi connectivity index (χ3n) is 2.69. The van der Waals surface area contributed by atoms with Crippen LogP contribution in [0.5, 0.6) is 0 Å². The summed E-state index contributed by atoms with van der Waals surface area (Å²) in [5.41, 5.74) is 3.88. The standard InChI is InChI=1S/C14H20N2/c1-11(2)13-8-6-7-12(3)14(13)16-10-5-4-9-15/h6-8,11,16H,4-5,10H2,1-3H3. The second kappa shape index (κ2) is 6.17. The molecule has 16 heavy (non-hydrogen) atoms. The molecule has 0 atom stereocenters. The van der Waals surface area contributed by atoms with Crippen LogP contribution >= 0.6 is 0 Å². The van der Waals surface area contributed by atoms with Crippen molar-refractivity contribution in [1.82, 2.24) is 0 Å². The van der Waals surface area contributed by atoms with Crippen LogP contribution in [0, 0.1) is 18.3 Å². The van der Waals surface area contributed by atoms with Gasteiger partial charge in [0, 0.05) is 18.7 Å². The van der Waals surface area contributed by atoms with Crippen LogP contribution < -0.4 is 5.32 Å². The van der Waals surface area contributed by atoms with E-state index in [-0.39, 0.29) is 0 Å². The largest absolute Gasteiger partial charge is 0.385 e. The summed E-state index contributed by atoms with van der Waals surface area (Å²) in [6.07, 6.45) is 1.53. The van der Waals surface area contributed by atoms with Gasteiger partial charge in [-0.15, -0.1) is 0 Å². The number of nitriles is 1. The predicted octanol–water partition coefficient (Wildman–Crippen LogP) is 3.83. The Balaban J connectivity index is 2.73. The van der Waals surface area contributed by atoms with Crippen molar-refractivity contribution in [3.63, 3.8) is 0 Å². The van der Waals surface area contributed by atoms with Gasteiger partial charge < -0.3 is 5.32 Å². The summed E-state index contributed by atoms with van der Waals surface area (Å²) in [5, 5.41) is 11.9. The lowest BCUT2D eigenvalue weighted by Crippen LogP contribution is -2.06. The van der Waals surface area contributed by atoms with Gasteiger partial charge in [-0.2, -0.15) is 5.26 Å². The van der Waals surface area contributed by atoms with Crippen LogP contribution in [0.2, 0.25) is 0 Å². The molecule has 0 saturated carbocycles. The molecule has 0 radical (unpaired) electrons. The van der Waals surface area contributed by atoms with Gasteiger partial charge in [0.2, 0.25) is 0 Å². The Hall–Kier alpha value is -1.49. The number of benzene rings is 1. The minimum absolute atomic E-state index is 0.526. The molecule has 1 rings (SSSR count). The average molecular weight is 216 g/mol. The van der Waals surface area contributed by atoms with Gasteiger partial charge in [-0.1, -0.05) is 32.0 Å². The van der Waals surface area contributed by atoms with Gasteiger partial charge in [0.1, 0.15) is 0 Å². The van der Waals surface area contributed by atoms with Gasteiger partial charge in [-0.3, -0.25) is 0 Å². The maximum absolute atomic E-state index is 8.48. The topological polar surface area (TPSA) is 35.8 Å². The minimum Gasteiger partial charge on any atom is -0.385 e. The highest BCUT2D eigenvalue weighted by Gasteiger charge is 2.07. The van der Waals surface area contributed by atoms with Gasteiger partial charge >= 0.3 is 0 Å². The number of anilines is 1. The van der Waals surface area contributed by atoms with Crippen molar-refractivity contribution >= 4 is 5.69 Å². The molecule has 0 heterocycles. The zero-order valence-corrected chi connectivity index (χ0v) is 10.4. The van der Waals surface area contributed by atoms with E-state index in [4.69, 9.17) is 5.26 Å². The maximum atomic E-state index is 8.48. The summed E-state index contributed by atoms with van der Waals surface area (Å²) < 4.78 is 0.